The van der Waals surface area contributed by atoms with Gasteiger partial charge in [-0.25, -0.2) is 4.98 Å². The smallest absolute Gasteiger partial charge is 0.329 e. The lowest BCUT2D eigenvalue weighted by atomic mass is 11.0. The molecule has 10 heavy (non-hydrogen) atoms. The summed E-state index contributed by atoms with van der Waals surface area (Å²) < 4.78 is 25.3. The number of nitrogens with two attached hydrogens (primary N) is 1. The topological polar surface area (TPSA) is 103 Å². The van der Waals surface area contributed by atoms with Gasteiger partial charge in [-0.05, 0) is 0 Å². The number of thiazole rings is 1. The predicted octanol–water partition coefficient (Wildman–Crippen LogP) is -0.860. The molecule has 0 saturated heterocycles. The van der Waals surface area contributed by atoms with Crippen LogP contribution in [0.1, 0.15) is 0 Å². The first-order chi connectivity index (χ1) is 4.63. The van der Waals surface area contributed by atoms with Gasteiger partial charge in [-0.3, -0.25) is 9.94 Å². The van der Waals surface area contributed by atoms with E-state index in [1.165, 1.54) is 11.3 Å². The van der Waals surface area contributed by atoms with Crippen molar-refractivity contribution in [1.29, 1.82) is 0 Å². The lowest BCUT2D eigenvalue weighted by Crippen LogP contribution is -2.00. The molecule has 0 bridgehead atoms. The summed E-state index contributed by atoms with van der Waals surface area (Å²) in [6.45, 7) is 0. The summed E-state index contributed by atoms with van der Waals surface area (Å²) in [5.74, 6) is 0. The van der Waals surface area contributed by atoms with Crippen LogP contribution in [0.2, 0.25) is 0 Å². The molecule has 0 amide bonds. The Bertz CT molecular complexity index is 184. The number of aromatic nitrogens is 1. The monoisotopic (exact) mass is 181 g/mol. The van der Waals surface area contributed by atoms with Crippen LogP contribution < -0.4 is 10.7 Å². The van der Waals surface area contributed by atoms with Crippen molar-refractivity contribution in [3.8, 4) is 0 Å². The first-order valence-electron chi connectivity index (χ1n) is 2.10. The Morgan fingerprint density at radius 1 is 1.70 bits per heavy atom. The van der Waals surface area contributed by atoms with Crippen LogP contribution in [-0.4, -0.2) is 13.3 Å². The normalized spacial score (nSPS) is 8.70. The van der Waals surface area contributed by atoms with Crippen molar-refractivity contribution in [1.82, 2.24) is 0 Å². The number of nitrogens with one attached hydrogen (secondary N) is 1. The third kappa shape index (κ3) is 7.50. The molecule has 0 aliphatic heterocycles. The molecule has 0 radical (unpaired) electrons. The summed E-state index contributed by atoms with van der Waals surface area (Å²) >= 11 is -1.61. The molecule has 0 fully saturated rings. The van der Waals surface area contributed by atoms with Gasteiger partial charge in [0.2, 0.25) is 0 Å². The largest absolute Gasteiger partial charge is 0.784 e. The summed E-state index contributed by atoms with van der Waals surface area (Å²) in [5, 5.41) is 2.66. The highest BCUT2D eigenvalue weighted by Gasteiger charge is 1.84. The van der Waals surface area contributed by atoms with E-state index in [1.54, 1.807) is 6.20 Å². The van der Waals surface area contributed by atoms with Crippen molar-refractivity contribution in [3.63, 3.8) is 0 Å². The fourth-order valence-corrected chi connectivity index (χ4v) is 0.676. The molecule has 1 rings (SSSR count). The summed E-state index contributed by atoms with van der Waals surface area (Å²) in [6, 6.07) is 0. The van der Waals surface area contributed by atoms with E-state index in [4.69, 9.17) is 19.0 Å². The molecule has 1 heterocycles. The van der Waals surface area contributed by atoms with Crippen molar-refractivity contribution in [2.75, 3.05) is 5.73 Å². The number of hydrogen-bond donors (Lipinski definition) is 1. The van der Waals surface area contributed by atoms with Crippen molar-refractivity contribution in [3.05, 3.63) is 11.6 Å². The molecule has 0 unspecified atom stereocenters. The van der Waals surface area contributed by atoms with Crippen LogP contribution in [0.15, 0.2) is 11.6 Å². The SMILES string of the molecule is Nc1[nH+]ccs1.O=S([O-])[O-]. The molecule has 0 aromatic carbocycles. The fourth-order valence-electron chi connectivity index (χ4n) is 0.257. The highest BCUT2D eigenvalue weighted by molar-refractivity contribution is 7.72. The maximum absolute atomic E-state index is 8.44. The Balaban J connectivity index is 0.000000180. The van der Waals surface area contributed by atoms with E-state index in [2.05, 4.69) is 4.98 Å². The second-order valence-corrected chi connectivity index (χ2v) is 2.49. The van der Waals surface area contributed by atoms with Crippen LogP contribution in [0.5, 0.6) is 0 Å². The maximum Gasteiger partial charge on any atom is 0.329 e. The summed E-state index contributed by atoms with van der Waals surface area (Å²) in [6.07, 6.45) is 1.81. The third-order valence-electron chi connectivity index (χ3n) is 0.489. The van der Waals surface area contributed by atoms with Crippen LogP contribution in [0.4, 0.5) is 5.13 Å². The minimum absolute atomic E-state index is 0.759. The van der Waals surface area contributed by atoms with Gasteiger partial charge in [0.05, 0.1) is 6.20 Å². The Morgan fingerprint density at radius 3 is 2.30 bits per heavy atom. The second kappa shape index (κ2) is 5.30. The Hall–Kier alpha value is -0.500. The zero-order chi connectivity index (χ0) is 7.98. The molecule has 1 aromatic heterocycles. The Morgan fingerprint density at radius 2 is 2.20 bits per heavy atom. The van der Waals surface area contributed by atoms with Gasteiger partial charge in [0, 0.05) is 5.38 Å². The molecule has 5 nitrogen and oxygen atoms in total. The van der Waals surface area contributed by atoms with Gasteiger partial charge in [-0.15, -0.1) is 11.4 Å². The minimum Gasteiger partial charge on any atom is -0.784 e. The van der Waals surface area contributed by atoms with Gasteiger partial charge in [0.1, 0.15) is 0 Å². The molecule has 0 saturated carbocycles. The molecule has 0 spiro atoms. The average Bonchev–Trinajstić information content (AvgIpc) is 2.15. The molecular formula is C3H5N2O3S2-. The van der Waals surface area contributed by atoms with Crippen molar-refractivity contribution >= 4 is 27.8 Å². The van der Waals surface area contributed by atoms with Gasteiger partial charge < -0.3 is 9.11 Å². The zero-order valence-corrected chi connectivity index (χ0v) is 6.41. The van der Waals surface area contributed by atoms with E-state index in [9.17, 15) is 0 Å². The lowest BCUT2D eigenvalue weighted by molar-refractivity contribution is -0.353. The minimum atomic E-state index is -3.11. The quantitative estimate of drug-likeness (QED) is 0.526. The lowest BCUT2D eigenvalue weighted by Gasteiger charge is -2.03. The first-order valence-corrected chi connectivity index (χ1v) is 3.98. The van der Waals surface area contributed by atoms with Crippen LogP contribution >= 0.6 is 11.3 Å². The van der Waals surface area contributed by atoms with Crippen molar-refractivity contribution < 1.29 is 18.3 Å². The standard InChI is InChI=1S/C3H4N2S.H2O3S/c4-3-5-1-2-6-3;1-4(2)3/h1-2H,(H2,4,5);(H2,1,2,3)/p-1. The van der Waals surface area contributed by atoms with E-state index >= 15 is 0 Å². The van der Waals surface area contributed by atoms with Crippen LogP contribution in [0, 0.1) is 0 Å². The van der Waals surface area contributed by atoms with Crippen LogP contribution in [-0.2, 0) is 11.4 Å². The van der Waals surface area contributed by atoms with Crippen molar-refractivity contribution in [2.45, 2.75) is 0 Å². The number of aromatic amines is 1. The van der Waals surface area contributed by atoms with Gasteiger partial charge in [0.15, 0.2) is 0 Å². The van der Waals surface area contributed by atoms with Crippen molar-refractivity contribution in [2.24, 2.45) is 0 Å². The molecule has 3 N–H and O–H groups in total. The summed E-state index contributed by atoms with van der Waals surface area (Å²) in [4.78, 5) is 2.80. The molecule has 7 heteroatoms. The van der Waals surface area contributed by atoms with E-state index in [0.29, 0.717) is 0 Å². The van der Waals surface area contributed by atoms with E-state index in [1.807, 2.05) is 5.38 Å². The highest BCUT2D eigenvalue weighted by Crippen LogP contribution is 1.96. The molecule has 58 valence electrons. The summed E-state index contributed by atoms with van der Waals surface area (Å²) in [7, 11) is 0. The number of nitrogen functional groups attached to an aromatic ring is 1. The van der Waals surface area contributed by atoms with Crippen LogP contribution in [0.3, 0.4) is 0 Å². The van der Waals surface area contributed by atoms with E-state index < -0.39 is 11.4 Å². The summed E-state index contributed by atoms with van der Waals surface area (Å²) in [5.41, 5.74) is 5.24. The molecule has 0 aliphatic rings. The third-order valence-corrected chi connectivity index (χ3v) is 1.13. The second-order valence-electron chi connectivity index (χ2n) is 1.13. The molecular weight excluding hydrogens is 176 g/mol. The van der Waals surface area contributed by atoms with Gasteiger partial charge in [-0.1, -0.05) is 11.3 Å². The highest BCUT2D eigenvalue weighted by atomic mass is 32.2. The van der Waals surface area contributed by atoms with Gasteiger partial charge in [-0.2, -0.15) is 0 Å². The first kappa shape index (κ1) is 9.50. The Labute approximate surface area is 64.0 Å². The predicted molar refractivity (Wildman–Crippen MR) is 35.0 cm³/mol. The van der Waals surface area contributed by atoms with E-state index in [0.717, 1.165) is 5.13 Å². The zero-order valence-electron chi connectivity index (χ0n) is 4.77. The average molecular weight is 181 g/mol. The van der Waals surface area contributed by atoms with Crippen LogP contribution in [0.25, 0.3) is 0 Å². The maximum atomic E-state index is 8.44. The number of hydrogen-bond acceptors (Lipinski definition) is 5. The van der Waals surface area contributed by atoms with E-state index in [-0.39, 0.29) is 0 Å². The molecule has 0 atom stereocenters. The van der Waals surface area contributed by atoms with Gasteiger partial charge >= 0.3 is 5.13 Å². The number of anilines is 1. The fraction of sp³-hybridized carbons (Fsp3) is 0. The number of H-pyrrole nitrogens is 1. The van der Waals surface area contributed by atoms with Gasteiger partial charge in [0.25, 0.3) is 0 Å². The number of rotatable bonds is 0. The molecule has 0 aliphatic carbocycles. The molecule has 1 aromatic rings. The Kier molecular flexibility index (Phi) is 5.03.